The lowest BCUT2D eigenvalue weighted by molar-refractivity contribution is 0.0933. The Balaban J connectivity index is 2.60. The first kappa shape index (κ1) is 15.5. The second kappa shape index (κ2) is 6.57. The zero-order chi connectivity index (χ0) is 14.5. The van der Waals surface area contributed by atoms with E-state index in [1.165, 1.54) is 6.07 Å². The molecule has 0 aliphatic rings. The Kier molecular flexibility index (Phi) is 5.36. The van der Waals surface area contributed by atoms with Gasteiger partial charge >= 0.3 is 0 Å². The summed E-state index contributed by atoms with van der Waals surface area (Å²) in [6.45, 7) is 7.34. The lowest BCUT2D eigenvalue weighted by Gasteiger charge is -2.24. The van der Waals surface area contributed by atoms with Crippen molar-refractivity contribution in [2.45, 2.75) is 33.6 Å². The smallest absolute Gasteiger partial charge is 0.251 e. The molecule has 4 N–H and O–H groups in total. The highest BCUT2D eigenvalue weighted by Gasteiger charge is 2.19. The zero-order valence-corrected chi connectivity index (χ0v) is 12.0. The molecule has 4 nitrogen and oxygen atoms in total. The number of aryl methyl sites for hydroxylation is 1. The number of benzene rings is 1. The molecular weight excluding hydrogens is 240 g/mol. The van der Waals surface area contributed by atoms with Crippen molar-refractivity contribution in [2.24, 2.45) is 11.1 Å². The first-order valence-corrected chi connectivity index (χ1v) is 6.63. The molecule has 4 heteroatoms. The maximum absolute atomic E-state index is 12.1. The summed E-state index contributed by atoms with van der Waals surface area (Å²) < 4.78 is 0. The second-order valence-electron chi connectivity index (χ2n) is 5.74. The predicted molar refractivity (Wildman–Crippen MR) is 77.2 cm³/mol. The molecule has 0 bridgehead atoms. The highest BCUT2D eigenvalue weighted by molar-refractivity contribution is 5.95. The molecule has 0 heterocycles. The van der Waals surface area contributed by atoms with Crippen molar-refractivity contribution in [2.75, 3.05) is 13.1 Å². The van der Waals surface area contributed by atoms with E-state index in [0.717, 1.165) is 18.4 Å². The van der Waals surface area contributed by atoms with E-state index >= 15 is 0 Å². The minimum absolute atomic E-state index is 0.0415. The average Bonchev–Trinajstić information content (AvgIpc) is 2.34. The molecule has 0 aliphatic heterocycles. The Bertz CT molecular complexity index is 442. The van der Waals surface area contributed by atoms with Crippen LogP contribution in [0.4, 0.5) is 0 Å². The summed E-state index contributed by atoms with van der Waals surface area (Å²) in [6, 6.07) is 4.77. The molecule has 0 atom stereocenters. The van der Waals surface area contributed by atoms with Crippen LogP contribution in [0.5, 0.6) is 5.75 Å². The summed E-state index contributed by atoms with van der Waals surface area (Å²) in [5.74, 6) is 0.0793. The van der Waals surface area contributed by atoms with Crippen molar-refractivity contribution >= 4 is 5.91 Å². The summed E-state index contributed by atoms with van der Waals surface area (Å²) in [6.07, 6.45) is 1.94. The molecule has 0 aliphatic carbocycles. The highest BCUT2D eigenvalue weighted by atomic mass is 16.3. The normalized spacial score (nSPS) is 11.4. The van der Waals surface area contributed by atoms with Crippen LogP contribution >= 0.6 is 0 Å². The van der Waals surface area contributed by atoms with E-state index in [0.29, 0.717) is 18.7 Å². The van der Waals surface area contributed by atoms with Gasteiger partial charge in [0, 0.05) is 12.1 Å². The number of nitrogens with two attached hydrogens (primary N) is 1. The Morgan fingerprint density at radius 3 is 2.68 bits per heavy atom. The van der Waals surface area contributed by atoms with Crippen molar-refractivity contribution < 1.29 is 9.90 Å². The van der Waals surface area contributed by atoms with Gasteiger partial charge in [-0.2, -0.15) is 0 Å². The molecule has 0 radical (unpaired) electrons. The minimum Gasteiger partial charge on any atom is -0.508 e. The van der Waals surface area contributed by atoms with Crippen molar-refractivity contribution in [3.63, 3.8) is 0 Å². The molecule has 0 saturated heterocycles. The molecule has 1 rings (SSSR count). The summed E-state index contributed by atoms with van der Waals surface area (Å²) in [5.41, 5.74) is 6.93. The van der Waals surface area contributed by atoms with Gasteiger partial charge in [-0.05, 0) is 55.5 Å². The van der Waals surface area contributed by atoms with Crippen LogP contribution in [0, 0.1) is 12.3 Å². The average molecular weight is 264 g/mol. The summed E-state index contributed by atoms with van der Waals surface area (Å²) >= 11 is 0. The van der Waals surface area contributed by atoms with Crippen LogP contribution in [0.3, 0.4) is 0 Å². The SMILES string of the molecule is Cc1cc(O)ccc1C(=O)NCC(C)(C)CCCN. The Morgan fingerprint density at radius 1 is 1.42 bits per heavy atom. The Morgan fingerprint density at radius 2 is 2.11 bits per heavy atom. The van der Waals surface area contributed by atoms with Gasteiger partial charge in [0.2, 0.25) is 0 Å². The standard InChI is InChI=1S/C15H24N2O2/c1-11-9-12(18)5-6-13(11)14(19)17-10-15(2,3)7-4-8-16/h5-6,9,18H,4,7-8,10,16H2,1-3H3,(H,17,19). The van der Waals surface area contributed by atoms with Crippen molar-refractivity contribution in [3.8, 4) is 5.75 Å². The number of hydrogen-bond donors (Lipinski definition) is 3. The number of hydrogen-bond acceptors (Lipinski definition) is 3. The van der Waals surface area contributed by atoms with E-state index in [1.54, 1.807) is 12.1 Å². The number of nitrogens with one attached hydrogen (secondary N) is 1. The van der Waals surface area contributed by atoms with Crippen molar-refractivity contribution in [1.82, 2.24) is 5.32 Å². The summed E-state index contributed by atoms with van der Waals surface area (Å²) in [4.78, 5) is 12.1. The lowest BCUT2D eigenvalue weighted by Crippen LogP contribution is -2.34. The van der Waals surface area contributed by atoms with Gasteiger partial charge in [-0.1, -0.05) is 13.8 Å². The molecule has 1 aromatic carbocycles. The van der Waals surface area contributed by atoms with Gasteiger partial charge in [0.25, 0.3) is 5.91 Å². The number of phenolic OH excluding ortho intramolecular Hbond substituents is 1. The number of rotatable bonds is 6. The molecule has 1 amide bonds. The third kappa shape index (κ3) is 4.91. The Labute approximate surface area is 115 Å². The molecule has 1 aromatic rings. The maximum atomic E-state index is 12.1. The number of aromatic hydroxyl groups is 1. The van der Waals surface area contributed by atoms with Crippen LogP contribution in [0.15, 0.2) is 18.2 Å². The van der Waals surface area contributed by atoms with E-state index in [2.05, 4.69) is 19.2 Å². The first-order chi connectivity index (χ1) is 8.85. The molecule has 0 aromatic heterocycles. The van der Waals surface area contributed by atoms with Crippen LogP contribution in [-0.2, 0) is 0 Å². The topological polar surface area (TPSA) is 75.3 Å². The van der Waals surface area contributed by atoms with E-state index in [-0.39, 0.29) is 17.1 Å². The molecule has 0 fully saturated rings. The van der Waals surface area contributed by atoms with Crippen LogP contribution in [0.25, 0.3) is 0 Å². The predicted octanol–water partition coefficient (Wildman–Crippen LogP) is 2.20. The number of amides is 1. The van der Waals surface area contributed by atoms with Gasteiger partial charge < -0.3 is 16.2 Å². The quantitative estimate of drug-likeness (QED) is 0.737. The lowest BCUT2D eigenvalue weighted by atomic mass is 9.87. The van der Waals surface area contributed by atoms with Gasteiger partial charge in [0.1, 0.15) is 5.75 Å². The monoisotopic (exact) mass is 264 g/mol. The molecule has 0 saturated carbocycles. The van der Waals surface area contributed by atoms with Crippen molar-refractivity contribution in [1.29, 1.82) is 0 Å². The van der Waals surface area contributed by atoms with Gasteiger partial charge in [0.05, 0.1) is 0 Å². The zero-order valence-electron chi connectivity index (χ0n) is 12.0. The highest BCUT2D eigenvalue weighted by Crippen LogP contribution is 2.21. The van der Waals surface area contributed by atoms with Crippen LogP contribution in [0.2, 0.25) is 0 Å². The van der Waals surface area contributed by atoms with Crippen LogP contribution in [-0.4, -0.2) is 24.1 Å². The maximum Gasteiger partial charge on any atom is 0.251 e. The van der Waals surface area contributed by atoms with E-state index in [1.807, 2.05) is 6.92 Å². The number of carbonyl (C=O) groups is 1. The van der Waals surface area contributed by atoms with Crippen molar-refractivity contribution in [3.05, 3.63) is 29.3 Å². The first-order valence-electron chi connectivity index (χ1n) is 6.63. The van der Waals surface area contributed by atoms with E-state index < -0.39 is 0 Å². The largest absolute Gasteiger partial charge is 0.508 e. The second-order valence-corrected chi connectivity index (χ2v) is 5.74. The molecule has 0 spiro atoms. The summed E-state index contributed by atoms with van der Waals surface area (Å²) in [7, 11) is 0. The third-order valence-electron chi connectivity index (χ3n) is 3.24. The van der Waals surface area contributed by atoms with Gasteiger partial charge in [-0.25, -0.2) is 0 Å². The van der Waals surface area contributed by atoms with Gasteiger partial charge in [-0.3, -0.25) is 4.79 Å². The minimum atomic E-state index is -0.0988. The van der Waals surface area contributed by atoms with E-state index in [9.17, 15) is 9.90 Å². The molecule has 0 unspecified atom stereocenters. The summed E-state index contributed by atoms with van der Waals surface area (Å²) in [5, 5.41) is 12.3. The van der Waals surface area contributed by atoms with E-state index in [4.69, 9.17) is 5.73 Å². The van der Waals surface area contributed by atoms with Crippen LogP contribution < -0.4 is 11.1 Å². The fourth-order valence-corrected chi connectivity index (χ4v) is 1.99. The Hall–Kier alpha value is -1.55. The number of carbonyl (C=O) groups excluding carboxylic acids is 1. The molecule has 19 heavy (non-hydrogen) atoms. The third-order valence-corrected chi connectivity index (χ3v) is 3.24. The van der Waals surface area contributed by atoms with Gasteiger partial charge in [0.15, 0.2) is 0 Å². The van der Waals surface area contributed by atoms with Gasteiger partial charge in [-0.15, -0.1) is 0 Å². The van der Waals surface area contributed by atoms with Crippen LogP contribution in [0.1, 0.15) is 42.6 Å². The molecule has 106 valence electrons. The fourth-order valence-electron chi connectivity index (χ4n) is 1.99. The fraction of sp³-hybridized carbons (Fsp3) is 0.533. The number of phenols is 1. The molecular formula is C15H24N2O2.